The maximum atomic E-state index is 12.8. The molecule has 0 aliphatic carbocycles. The van der Waals surface area contributed by atoms with Crippen LogP contribution in [0.4, 0.5) is 10.1 Å². The van der Waals surface area contributed by atoms with Gasteiger partial charge in [-0.2, -0.15) is 0 Å². The summed E-state index contributed by atoms with van der Waals surface area (Å²) in [5, 5.41) is 2.75. The average Bonchev–Trinajstić information content (AvgIpc) is 2.53. The Hall–Kier alpha value is -2.61. The van der Waals surface area contributed by atoms with E-state index < -0.39 is 10.0 Å². The van der Waals surface area contributed by atoms with Gasteiger partial charge in [0.05, 0.1) is 12.3 Å². The SMILES string of the molecule is C[C@@H](NC(=O)COc1ccc(F)cc1)c1cccc(NS(C)(=O)=O)c1. The zero-order valence-corrected chi connectivity index (χ0v) is 14.6. The Morgan fingerprint density at radius 3 is 2.52 bits per heavy atom. The third-order valence-corrected chi connectivity index (χ3v) is 3.86. The highest BCUT2D eigenvalue weighted by Crippen LogP contribution is 2.18. The second kappa shape index (κ2) is 7.98. The fraction of sp³-hybridized carbons (Fsp3) is 0.235. The molecule has 0 aliphatic rings. The molecule has 0 saturated carbocycles. The fourth-order valence-electron chi connectivity index (χ4n) is 2.13. The molecule has 0 spiro atoms. The smallest absolute Gasteiger partial charge is 0.258 e. The summed E-state index contributed by atoms with van der Waals surface area (Å²) in [4.78, 5) is 12.0. The van der Waals surface area contributed by atoms with Crippen molar-refractivity contribution < 1.29 is 22.3 Å². The predicted molar refractivity (Wildman–Crippen MR) is 93.4 cm³/mol. The summed E-state index contributed by atoms with van der Waals surface area (Å²) in [7, 11) is -3.37. The molecule has 0 unspecified atom stereocenters. The lowest BCUT2D eigenvalue weighted by atomic mass is 10.1. The third kappa shape index (κ3) is 6.42. The van der Waals surface area contributed by atoms with E-state index >= 15 is 0 Å². The van der Waals surface area contributed by atoms with E-state index in [2.05, 4.69) is 10.0 Å². The van der Waals surface area contributed by atoms with Gasteiger partial charge in [-0.3, -0.25) is 9.52 Å². The van der Waals surface area contributed by atoms with Crippen LogP contribution in [0.5, 0.6) is 5.75 Å². The van der Waals surface area contributed by atoms with Gasteiger partial charge in [-0.15, -0.1) is 0 Å². The van der Waals surface area contributed by atoms with Crippen molar-refractivity contribution in [1.82, 2.24) is 5.32 Å². The van der Waals surface area contributed by atoms with Crippen molar-refractivity contribution in [3.8, 4) is 5.75 Å². The summed E-state index contributed by atoms with van der Waals surface area (Å²) < 4.78 is 43.0. The normalized spacial score (nSPS) is 12.3. The fourth-order valence-corrected chi connectivity index (χ4v) is 2.69. The van der Waals surface area contributed by atoms with Gasteiger partial charge in [0.15, 0.2) is 6.61 Å². The Bertz CT molecular complexity index is 838. The zero-order chi connectivity index (χ0) is 18.4. The number of halogens is 1. The maximum Gasteiger partial charge on any atom is 0.258 e. The molecule has 0 aliphatic heterocycles. The summed E-state index contributed by atoms with van der Waals surface area (Å²) in [6, 6.07) is 11.8. The lowest BCUT2D eigenvalue weighted by Gasteiger charge is -2.16. The number of anilines is 1. The molecule has 25 heavy (non-hydrogen) atoms. The van der Waals surface area contributed by atoms with Crippen molar-refractivity contribution in [2.45, 2.75) is 13.0 Å². The first-order valence-corrected chi connectivity index (χ1v) is 9.37. The van der Waals surface area contributed by atoms with E-state index in [1.54, 1.807) is 31.2 Å². The van der Waals surface area contributed by atoms with Crippen LogP contribution in [-0.2, 0) is 14.8 Å². The van der Waals surface area contributed by atoms with Crippen LogP contribution in [0.15, 0.2) is 48.5 Å². The van der Waals surface area contributed by atoms with E-state index in [0.717, 1.165) is 11.8 Å². The van der Waals surface area contributed by atoms with E-state index in [9.17, 15) is 17.6 Å². The molecule has 2 aromatic rings. The van der Waals surface area contributed by atoms with Crippen molar-refractivity contribution in [3.63, 3.8) is 0 Å². The minimum absolute atomic E-state index is 0.211. The Balaban J connectivity index is 1.92. The largest absolute Gasteiger partial charge is 0.484 e. The van der Waals surface area contributed by atoms with Gasteiger partial charge in [-0.1, -0.05) is 12.1 Å². The number of nitrogens with one attached hydrogen (secondary N) is 2. The van der Waals surface area contributed by atoms with E-state index in [4.69, 9.17) is 4.74 Å². The lowest BCUT2D eigenvalue weighted by Crippen LogP contribution is -2.31. The molecule has 0 aromatic heterocycles. The van der Waals surface area contributed by atoms with Crippen molar-refractivity contribution in [1.29, 1.82) is 0 Å². The third-order valence-electron chi connectivity index (χ3n) is 3.25. The van der Waals surface area contributed by atoms with Crippen LogP contribution < -0.4 is 14.8 Å². The van der Waals surface area contributed by atoms with Crippen molar-refractivity contribution >= 4 is 21.6 Å². The number of amides is 1. The number of sulfonamides is 1. The van der Waals surface area contributed by atoms with Crippen LogP contribution in [0.1, 0.15) is 18.5 Å². The minimum atomic E-state index is -3.37. The first-order valence-electron chi connectivity index (χ1n) is 7.48. The topological polar surface area (TPSA) is 84.5 Å². The standard InChI is InChI=1S/C17H19FN2O4S/c1-12(13-4-3-5-15(10-13)20-25(2,22)23)19-17(21)11-24-16-8-6-14(18)7-9-16/h3-10,12,20H,11H2,1-2H3,(H,19,21)/t12-/m1/s1. The Morgan fingerprint density at radius 2 is 1.88 bits per heavy atom. The monoisotopic (exact) mass is 366 g/mol. The first kappa shape index (κ1) is 18.7. The summed E-state index contributed by atoms with van der Waals surface area (Å²) in [6.45, 7) is 1.56. The molecule has 0 radical (unpaired) electrons. The van der Waals surface area contributed by atoms with Crippen LogP contribution in [-0.4, -0.2) is 27.2 Å². The van der Waals surface area contributed by atoms with Gasteiger partial charge in [0.1, 0.15) is 11.6 Å². The molecule has 1 atom stereocenters. The molecule has 134 valence electrons. The minimum Gasteiger partial charge on any atom is -0.484 e. The number of carbonyl (C=O) groups excluding carboxylic acids is 1. The van der Waals surface area contributed by atoms with E-state index in [-0.39, 0.29) is 24.4 Å². The second-order valence-corrected chi connectivity index (χ2v) is 7.28. The van der Waals surface area contributed by atoms with Crippen LogP contribution in [0.25, 0.3) is 0 Å². The number of rotatable bonds is 7. The van der Waals surface area contributed by atoms with Crippen LogP contribution in [0.3, 0.4) is 0 Å². The van der Waals surface area contributed by atoms with Crippen molar-refractivity contribution in [2.75, 3.05) is 17.6 Å². The molecule has 2 aromatic carbocycles. The molecule has 0 heterocycles. The molecular formula is C17H19FN2O4S. The quantitative estimate of drug-likeness (QED) is 0.788. The summed E-state index contributed by atoms with van der Waals surface area (Å²) in [5.41, 5.74) is 1.16. The van der Waals surface area contributed by atoms with Crippen molar-refractivity contribution in [2.24, 2.45) is 0 Å². The summed E-state index contributed by atoms with van der Waals surface area (Å²) in [5.74, 6) is -0.338. The Kier molecular flexibility index (Phi) is 5.97. The van der Waals surface area contributed by atoms with Gasteiger partial charge < -0.3 is 10.1 Å². The molecule has 8 heteroatoms. The Labute approximate surface area is 146 Å². The van der Waals surface area contributed by atoms with Crippen LogP contribution >= 0.6 is 0 Å². The second-order valence-electron chi connectivity index (χ2n) is 5.53. The van der Waals surface area contributed by atoms with Crippen LogP contribution in [0.2, 0.25) is 0 Å². The molecule has 0 saturated heterocycles. The molecule has 2 N–H and O–H groups in total. The Morgan fingerprint density at radius 1 is 1.20 bits per heavy atom. The number of ether oxygens (including phenoxy) is 1. The van der Waals surface area contributed by atoms with E-state index in [1.807, 2.05) is 0 Å². The van der Waals surface area contributed by atoms with Gasteiger partial charge in [0.25, 0.3) is 5.91 Å². The van der Waals surface area contributed by atoms with Gasteiger partial charge in [0.2, 0.25) is 10.0 Å². The van der Waals surface area contributed by atoms with Gasteiger partial charge in [-0.05, 0) is 48.9 Å². The van der Waals surface area contributed by atoms with E-state index in [1.165, 1.54) is 24.3 Å². The number of hydrogen-bond acceptors (Lipinski definition) is 4. The number of hydrogen-bond donors (Lipinski definition) is 2. The molecule has 0 bridgehead atoms. The van der Waals surface area contributed by atoms with Gasteiger partial charge >= 0.3 is 0 Å². The van der Waals surface area contributed by atoms with Gasteiger partial charge in [0, 0.05) is 5.69 Å². The zero-order valence-electron chi connectivity index (χ0n) is 13.8. The summed E-state index contributed by atoms with van der Waals surface area (Å²) >= 11 is 0. The van der Waals surface area contributed by atoms with E-state index in [0.29, 0.717) is 11.4 Å². The first-order chi connectivity index (χ1) is 11.7. The highest BCUT2D eigenvalue weighted by atomic mass is 32.2. The predicted octanol–water partition coefficient (Wildman–Crippen LogP) is 2.45. The van der Waals surface area contributed by atoms with Crippen LogP contribution in [0, 0.1) is 5.82 Å². The molecular weight excluding hydrogens is 347 g/mol. The van der Waals surface area contributed by atoms with Gasteiger partial charge in [-0.25, -0.2) is 12.8 Å². The highest BCUT2D eigenvalue weighted by Gasteiger charge is 2.11. The lowest BCUT2D eigenvalue weighted by molar-refractivity contribution is -0.123. The number of benzene rings is 2. The molecule has 2 rings (SSSR count). The molecule has 0 fully saturated rings. The number of carbonyl (C=O) groups is 1. The summed E-state index contributed by atoms with van der Waals surface area (Å²) in [6.07, 6.45) is 1.07. The average molecular weight is 366 g/mol. The molecule has 1 amide bonds. The van der Waals surface area contributed by atoms with Crippen molar-refractivity contribution in [3.05, 3.63) is 59.9 Å². The highest BCUT2D eigenvalue weighted by molar-refractivity contribution is 7.92. The molecule has 6 nitrogen and oxygen atoms in total. The maximum absolute atomic E-state index is 12.8.